The smallest absolute Gasteiger partial charge is 0.176 e. The van der Waals surface area contributed by atoms with Gasteiger partial charge < -0.3 is 9.80 Å². The van der Waals surface area contributed by atoms with E-state index in [9.17, 15) is 9.65 Å². The summed E-state index contributed by atoms with van der Waals surface area (Å²) in [6, 6.07) is 12.5. The van der Waals surface area contributed by atoms with Crippen LogP contribution in [-0.2, 0) is 0 Å². The van der Waals surface area contributed by atoms with Gasteiger partial charge in [-0.15, -0.1) is 10.2 Å². The summed E-state index contributed by atoms with van der Waals surface area (Å²) in [7, 11) is 0. The molecule has 28 heavy (non-hydrogen) atoms. The van der Waals surface area contributed by atoms with Gasteiger partial charge >= 0.3 is 0 Å². The van der Waals surface area contributed by atoms with Crippen LogP contribution in [0.3, 0.4) is 0 Å². The van der Waals surface area contributed by atoms with Crippen molar-refractivity contribution < 1.29 is 4.39 Å². The summed E-state index contributed by atoms with van der Waals surface area (Å²) < 4.78 is 16.0. The summed E-state index contributed by atoms with van der Waals surface area (Å²) >= 11 is 0. The number of para-hydroxylation sites is 1. The predicted molar refractivity (Wildman–Crippen MR) is 104 cm³/mol. The number of benzene rings is 1. The van der Waals surface area contributed by atoms with Crippen LogP contribution in [0, 0.1) is 31.0 Å². The number of aryl methyl sites for hydroxylation is 2. The Labute approximate surface area is 162 Å². The molecule has 1 aliphatic heterocycles. The van der Waals surface area contributed by atoms with Gasteiger partial charge in [0.1, 0.15) is 11.9 Å². The first-order valence-electron chi connectivity index (χ1n) is 9.12. The van der Waals surface area contributed by atoms with Crippen LogP contribution in [0.5, 0.6) is 0 Å². The molecule has 0 spiro atoms. The average Bonchev–Trinajstić information content (AvgIpc) is 3.06. The summed E-state index contributed by atoms with van der Waals surface area (Å²) in [4.78, 5) is 4.03. The van der Waals surface area contributed by atoms with Crippen LogP contribution in [0.1, 0.15) is 17.0 Å². The minimum atomic E-state index is -0.360. The second kappa shape index (κ2) is 7.27. The molecule has 3 aromatic rings. The number of nitrogens with zero attached hydrogens (tertiary/aromatic N) is 7. The minimum Gasteiger partial charge on any atom is -0.365 e. The number of rotatable bonds is 3. The molecular formula is C20H20FN7. The summed E-state index contributed by atoms with van der Waals surface area (Å²) in [6.45, 7) is 6.48. The van der Waals surface area contributed by atoms with Gasteiger partial charge in [-0.2, -0.15) is 10.4 Å². The van der Waals surface area contributed by atoms with E-state index in [0.717, 1.165) is 17.2 Å². The largest absolute Gasteiger partial charge is 0.365 e. The number of anilines is 2. The van der Waals surface area contributed by atoms with E-state index in [1.807, 2.05) is 36.9 Å². The Morgan fingerprint density at radius 2 is 1.64 bits per heavy atom. The van der Waals surface area contributed by atoms with Gasteiger partial charge in [0.2, 0.25) is 0 Å². The third kappa shape index (κ3) is 3.27. The molecule has 1 saturated heterocycles. The molecule has 0 aliphatic carbocycles. The Balaban J connectivity index is 1.47. The number of halogens is 1. The number of hydrogen-bond donors (Lipinski definition) is 0. The van der Waals surface area contributed by atoms with Crippen molar-refractivity contribution in [3.05, 3.63) is 59.2 Å². The Kier molecular flexibility index (Phi) is 4.65. The van der Waals surface area contributed by atoms with Gasteiger partial charge in [0.15, 0.2) is 11.6 Å². The zero-order valence-corrected chi connectivity index (χ0v) is 15.8. The van der Waals surface area contributed by atoms with E-state index in [0.29, 0.717) is 43.2 Å². The summed E-state index contributed by atoms with van der Waals surface area (Å²) in [6.07, 6.45) is 0. The molecule has 0 atom stereocenters. The third-order valence-corrected chi connectivity index (χ3v) is 4.89. The van der Waals surface area contributed by atoms with Crippen molar-refractivity contribution in [1.82, 2.24) is 20.0 Å². The highest BCUT2D eigenvalue weighted by Crippen LogP contribution is 2.26. The molecule has 0 bridgehead atoms. The highest BCUT2D eigenvalue weighted by atomic mass is 19.1. The maximum absolute atomic E-state index is 14.2. The van der Waals surface area contributed by atoms with Crippen LogP contribution >= 0.6 is 0 Å². The fourth-order valence-electron chi connectivity index (χ4n) is 3.55. The summed E-state index contributed by atoms with van der Waals surface area (Å²) in [5.74, 6) is 1.10. The lowest BCUT2D eigenvalue weighted by Gasteiger charge is -2.36. The molecule has 0 N–H and O–H groups in total. The predicted octanol–water partition coefficient (Wildman–Crippen LogP) is 2.62. The van der Waals surface area contributed by atoms with Gasteiger partial charge in [-0.3, -0.25) is 0 Å². The SMILES string of the molecule is Cc1cc(C)n(-c2ccc(N3CCN(c4c(F)cccc4C#N)CC3)nn2)n1. The van der Waals surface area contributed by atoms with Crippen molar-refractivity contribution in [1.29, 1.82) is 5.26 Å². The zero-order chi connectivity index (χ0) is 19.7. The summed E-state index contributed by atoms with van der Waals surface area (Å²) in [5, 5.41) is 22.3. The zero-order valence-electron chi connectivity index (χ0n) is 15.8. The first-order valence-corrected chi connectivity index (χ1v) is 9.12. The highest BCUT2D eigenvalue weighted by Gasteiger charge is 2.23. The first kappa shape index (κ1) is 17.9. The lowest BCUT2D eigenvalue weighted by molar-refractivity contribution is 0.594. The minimum absolute atomic E-state index is 0.360. The van der Waals surface area contributed by atoms with E-state index in [1.165, 1.54) is 6.07 Å². The van der Waals surface area contributed by atoms with Crippen LogP contribution in [0.2, 0.25) is 0 Å². The number of nitriles is 1. The molecule has 0 saturated carbocycles. The number of aromatic nitrogens is 4. The molecule has 2 aromatic heterocycles. The van der Waals surface area contributed by atoms with Crippen LogP contribution < -0.4 is 9.80 Å². The Hall–Kier alpha value is -3.47. The monoisotopic (exact) mass is 377 g/mol. The van der Waals surface area contributed by atoms with Crippen molar-refractivity contribution in [3.63, 3.8) is 0 Å². The van der Waals surface area contributed by atoms with Crippen LogP contribution in [-0.4, -0.2) is 46.2 Å². The standard InChI is InChI=1S/C20H20FN7/c1-14-12-15(2)28(25-14)19-7-6-18(23-24-19)26-8-10-27(11-9-26)20-16(13-22)4-3-5-17(20)21/h3-7,12H,8-11H2,1-2H3. The molecule has 142 valence electrons. The molecule has 1 aromatic carbocycles. The number of hydrogen-bond acceptors (Lipinski definition) is 6. The van der Waals surface area contributed by atoms with Gasteiger partial charge in [0.25, 0.3) is 0 Å². The Morgan fingerprint density at radius 1 is 0.964 bits per heavy atom. The molecule has 0 radical (unpaired) electrons. The lowest BCUT2D eigenvalue weighted by Crippen LogP contribution is -2.47. The molecule has 8 heteroatoms. The molecule has 7 nitrogen and oxygen atoms in total. The van der Waals surface area contributed by atoms with Crippen LogP contribution in [0.25, 0.3) is 5.82 Å². The molecule has 4 rings (SSSR count). The van der Waals surface area contributed by atoms with E-state index in [4.69, 9.17) is 0 Å². The van der Waals surface area contributed by atoms with E-state index in [-0.39, 0.29) is 5.82 Å². The van der Waals surface area contributed by atoms with Gasteiger partial charge in [0.05, 0.1) is 16.9 Å². The van der Waals surface area contributed by atoms with E-state index >= 15 is 0 Å². The second-order valence-corrected chi connectivity index (χ2v) is 6.81. The molecular weight excluding hydrogens is 357 g/mol. The maximum Gasteiger partial charge on any atom is 0.176 e. The van der Waals surface area contributed by atoms with Crippen LogP contribution in [0.4, 0.5) is 15.9 Å². The number of piperazine rings is 1. The maximum atomic E-state index is 14.2. The van der Waals surface area contributed by atoms with E-state index in [2.05, 4.69) is 26.3 Å². The highest BCUT2D eigenvalue weighted by molar-refractivity contribution is 5.61. The van der Waals surface area contributed by atoms with Gasteiger partial charge in [-0.25, -0.2) is 9.07 Å². The molecule has 3 heterocycles. The lowest BCUT2D eigenvalue weighted by atomic mass is 10.1. The fraction of sp³-hybridized carbons (Fsp3) is 0.300. The van der Waals surface area contributed by atoms with Gasteiger partial charge in [0, 0.05) is 31.9 Å². The molecule has 1 fully saturated rings. The average molecular weight is 377 g/mol. The third-order valence-electron chi connectivity index (χ3n) is 4.89. The van der Waals surface area contributed by atoms with Crippen molar-refractivity contribution in [2.45, 2.75) is 13.8 Å². The van der Waals surface area contributed by atoms with Gasteiger partial charge in [-0.1, -0.05) is 6.07 Å². The topological polar surface area (TPSA) is 73.9 Å². The molecule has 0 unspecified atom stereocenters. The van der Waals surface area contributed by atoms with E-state index in [1.54, 1.807) is 16.8 Å². The normalized spacial score (nSPS) is 14.2. The van der Waals surface area contributed by atoms with Crippen LogP contribution in [0.15, 0.2) is 36.4 Å². The quantitative estimate of drug-likeness (QED) is 0.699. The van der Waals surface area contributed by atoms with E-state index < -0.39 is 0 Å². The van der Waals surface area contributed by atoms with Gasteiger partial charge in [-0.05, 0) is 44.2 Å². The molecule has 0 amide bonds. The fourth-order valence-corrected chi connectivity index (χ4v) is 3.55. The first-order chi connectivity index (χ1) is 13.6. The summed E-state index contributed by atoms with van der Waals surface area (Å²) in [5.41, 5.74) is 2.69. The second-order valence-electron chi connectivity index (χ2n) is 6.81. The van der Waals surface area contributed by atoms with Crippen molar-refractivity contribution in [3.8, 4) is 11.9 Å². The Bertz CT molecular complexity index is 1030. The Morgan fingerprint density at radius 3 is 2.25 bits per heavy atom. The van der Waals surface area contributed by atoms with Crippen molar-refractivity contribution in [2.24, 2.45) is 0 Å². The van der Waals surface area contributed by atoms with Crippen molar-refractivity contribution in [2.75, 3.05) is 36.0 Å². The van der Waals surface area contributed by atoms with Crippen molar-refractivity contribution >= 4 is 11.5 Å². The molecule has 1 aliphatic rings.